The number of nitrogens with one attached hydrogen (secondary N) is 1. The van der Waals surface area contributed by atoms with Gasteiger partial charge in [0, 0.05) is 79.7 Å². The van der Waals surface area contributed by atoms with Gasteiger partial charge in [-0.25, -0.2) is 9.59 Å². The van der Waals surface area contributed by atoms with Crippen molar-refractivity contribution in [2.24, 2.45) is 0 Å². The fourth-order valence-corrected chi connectivity index (χ4v) is 9.48. The molecule has 4 aliphatic heterocycles. The van der Waals surface area contributed by atoms with Crippen molar-refractivity contribution in [3.05, 3.63) is 68.7 Å². The Balaban J connectivity index is 0.973. The molecule has 0 saturated carbocycles. The zero-order chi connectivity index (χ0) is 37.2. The molecule has 53 heavy (non-hydrogen) atoms. The number of likely N-dealkylation sites (tertiary alicyclic amines) is 4. The van der Waals surface area contributed by atoms with Gasteiger partial charge in [0.15, 0.2) is 6.10 Å². The smallest absolute Gasteiger partial charge is 0.418 e. The number of nitrogens with two attached hydrogens (primary N) is 1. The number of nitrogen functional groups attached to an aromatic ring is 1. The number of aromatic amines is 1. The summed E-state index contributed by atoms with van der Waals surface area (Å²) in [5.74, 6) is -0.430. The van der Waals surface area contributed by atoms with Crippen molar-refractivity contribution in [3.8, 4) is 0 Å². The van der Waals surface area contributed by atoms with Gasteiger partial charge in [-0.1, -0.05) is 18.2 Å². The third-order valence-electron chi connectivity index (χ3n) is 11.8. The number of para-hydroxylation sites is 1. The minimum atomic E-state index is -4.72. The van der Waals surface area contributed by atoms with Crippen LogP contribution in [0.1, 0.15) is 49.3 Å². The average molecular weight is 800 g/mol. The van der Waals surface area contributed by atoms with Gasteiger partial charge in [-0.2, -0.15) is 13.2 Å². The number of ether oxygens (including phenoxy) is 1. The van der Waals surface area contributed by atoms with E-state index in [9.17, 15) is 27.6 Å². The molecular weight excluding hydrogens is 757 g/mol. The summed E-state index contributed by atoms with van der Waals surface area (Å²) in [6.07, 6.45) is -1.74. The molecule has 3 N–H and O–H groups in total. The van der Waals surface area contributed by atoms with E-state index in [1.807, 2.05) is 24.3 Å². The maximum atomic E-state index is 14.1. The van der Waals surface area contributed by atoms with Gasteiger partial charge >= 0.3 is 18.0 Å². The molecule has 0 radical (unpaired) electrons. The fourth-order valence-electron chi connectivity index (χ4n) is 8.97. The summed E-state index contributed by atoms with van der Waals surface area (Å²) < 4.78 is 49.4. The number of imidazole rings is 1. The molecule has 4 aliphatic rings. The Morgan fingerprint density at radius 3 is 2.38 bits per heavy atom. The topological polar surface area (TPSA) is 133 Å². The van der Waals surface area contributed by atoms with Crippen LogP contribution in [0.2, 0.25) is 0 Å². The molecule has 6 heterocycles. The number of piperazine rings is 1. The number of piperidine rings is 2. The number of aromatic nitrogens is 3. The second kappa shape index (κ2) is 13.9. The summed E-state index contributed by atoms with van der Waals surface area (Å²) in [6, 6.07) is 11.2. The van der Waals surface area contributed by atoms with E-state index in [4.69, 9.17) is 10.5 Å². The second-order valence-electron chi connectivity index (χ2n) is 14.9. The molecule has 2 aromatic heterocycles. The molecule has 8 rings (SSSR count). The molecule has 3 unspecified atom stereocenters. The van der Waals surface area contributed by atoms with E-state index in [0.29, 0.717) is 55.1 Å². The number of nitrogens with zero attached hydrogens (tertiary/aromatic N) is 6. The van der Waals surface area contributed by atoms with Crippen molar-refractivity contribution in [2.75, 3.05) is 52.0 Å². The molecule has 3 atom stereocenters. The number of rotatable bonds is 6. The lowest BCUT2D eigenvalue weighted by atomic mass is 9.99. The number of H-pyrrole nitrogens is 1. The number of pyridine rings is 1. The van der Waals surface area contributed by atoms with Gasteiger partial charge < -0.3 is 30.2 Å². The predicted octanol–water partition coefficient (Wildman–Crippen LogP) is 5.01. The van der Waals surface area contributed by atoms with E-state index in [0.717, 1.165) is 49.3 Å². The fraction of sp³-hybridized carbons (Fsp3) is 0.514. The highest BCUT2D eigenvalue weighted by atomic mass is 79.9. The van der Waals surface area contributed by atoms with E-state index in [2.05, 4.69) is 42.7 Å². The zero-order valence-corrected chi connectivity index (χ0v) is 30.9. The summed E-state index contributed by atoms with van der Waals surface area (Å²) in [5.41, 5.74) is 6.35. The first-order valence-electron chi connectivity index (χ1n) is 18.2. The van der Waals surface area contributed by atoms with Gasteiger partial charge in [0.05, 0.1) is 34.0 Å². The highest BCUT2D eigenvalue weighted by Crippen LogP contribution is 2.39. The van der Waals surface area contributed by atoms with Crippen LogP contribution in [0.4, 0.5) is 23.7 Å². The lowest BCUT2D eigenvalue weighted by molar-refractivity contribution is -0.142. The maximum absolute atomic E-state index is 14.1. The molecule has 16 heteroatoms. The first-order valence-corrected chi connectivity index (χ1v) is 19.0. The number of hydrogen-bond acceptors (Lipinski definition) is 8. The van der Waals surface area contributed by atoms with E-state index >= 15 is 0 Å². The Kier molecular flexibility index (Phi) is 9.42. The highest BCUT2D eigenvalue weighted by molar-refractivity contribution is 9.10. The summed E-state index contributed by atoms with van der Waals surface area (Å²) in [5, 5.41) is 0.841. The van der Waals surface area contributed by atoms with Crippen molar-refractivity contribution >= 4 is 55.6 Å². The van der Waals surface area contributed by atoms with Gasteiger partial charge in [0.2, 0.25) is 0 Å². The normalized spacial score (nSPS) is 22.7. The van der Waals surface area contributed by atoms with Crippen LogP contribution in [-0.2, 0) is 22.1 Å². The first-order chi connectivity index (χ1) is 25.4. The Morgan fingerprint density at radius 2 is 1.70 bits per heavy atom. The quantitative estimate of drug-likeness (QED) is 0.261. The number of anilines is 1. The number of alkyl halides is 3. The van der Waals surface area contributed by atoms with Gasteiger partial charge in [-0.05, 0) is 78.8 Å². The summed E-state index contributed by atoms with van der Waals surface area (Å²) in [6.45, 7) is 3.52. The van der Waals surface area contributed by atoms with Crippen LogP contribution >= 0.6 is 15.9 Å². The summed E-state index contributed by atoms with van der Waals surface area (Å²) in [4.78, 5) is 56.6. The highest BCUT2D eigenvalue weighted by Gasteiger charge is 2.45. The molecule has 2 aromatic carbocycles. The summed E-state index contributed by atoms with van der Waals surface area (Å²) >= 11 is 3.14. The Morgan fingerprint density at radius 1 is 1.00 bits per heavy atom. The van der Waals surface area contributed by atoms with E-state index in [-0.39, 0.29) is 41.3 Å². The maximum Gasteiger partial charge on any atom is 0.418 e. The number of amides is 2. The third-order valence-corrected chi connectivity index (χ3v) is 12.4. The minimum absolute atomic E-state index is 0.0454. The number of carbonyl (C=O) groups excluding carboxylic acids is 2. The molecule has 4 saturated heterocycles. The standard InChI is InChI=1S/C37H42BrF3N8O4/c1-45-19-25-17-24(45)20-48(25)22-6-10-46(11-7-22)34(50)31(16-21-14-27(37(39,40)41)32(42)28(38)15-21)53-36(52)47-12-8-23(9-13-47)49-30-18-43-29-5-3-2-4-26(29)33(30)44-35(49)51/h2-5,14-15,18,22-25,31H,6-13,16-17,19-20,42H2,1H3,(H,44,51). The largest absolute Gasteiger partial charge is 0.436 e. The summed E-state index contributed by atoms with van der Waals surface area (Å²) in [7, 11) is 2.16. The van der Waals surface area contributed by atoms with Crippen molar-refractivity contribution < 1.29 is 27.5 Å². The molecule has 4 aromatic rings. The minimum Gasteiger partial charge on any atom is -0.436 e. The number of fused-ring (bicyclic) bond motifs is 5. The SMILES string of the molecule is CN1CC2CC1CN2C1CCN(C(=O)C(Cc2cc(Br)c(N)c(C(F)(F)F)c2)OC(=O)N2CCC(n3c(=O)[nH]c4c5ccccc5ncc43)CC2)CC1. The number of halogens is 4. The van der Waals surface area contributed by atoms with Gasteiger partial charge in [0.25, 0.3) is 5.91 Å². The van der Waals surface area contributed by atoms with Crippen molar-refractivity contribution in [2.45, 2.75) is 75.0 Å². The van der Waals surface area contributed by atoms with Crippen molar-refractivity contribution in [1.82, 2.24) is 34.1 Å². The Labute approximate surface area is 312 Å². The molecule has 0 aliphatic carbocycles. The van der Waals surface area contributed by atoms with E-state index in [1.165, 1.54) is 11.0 Å². The first kappa shape index (κ1) is 35.9. The van der Waals surface area contributed by atoms with Crippen LogP contribution in [0.15, 0.2) is 51.9 Å². The van der Waals surface area contributed by atoms with Crippen LogP contribution in [0.5, 0.6) is 0 Å². The molecule has 4 fully saturated rings. The lowest BCUT2D eigenvalue weighted by Crippen LogP contribution is -2.54. The van der Waals surface area contributed by atoms with E-state index < -0.39 is 35.5 Å². The van der Waals surface area contributed by atoms with Crippen LogP contribution < -0.4 is 11.4 Å². The number of likely N-dealkylation sites (N-methyl/N-ethyl adjacent to an activating group) is 1. The third kappa shape index (κ3) is 6.78. The molecule has 2 amide bonds. The zero-order valence-electron chi connectivity index (χ0n) is 29.3. The Bertz CT molecular complexity index is 2110. The van der Waals surface area contributed by atoms with Crippen LogP contribution in [0.25, 0.3) is 21.9 Å². The molecule has 282 valence electrons. The number of carbonyl (C=O) groups is 2. The van der Waals surface area contributed by atoms with E-state index in [1.54, 1.807) is 15.7 Å². The van der Waals surface area contributed by atoms with Crippen molar-refractivity contribution in [1.29, 1.82) is 0 Å². The second-order valence-corrected chi connectivity index (χ2v) is 15.8. The van der Waals surface area contributed by atoms with Crippen molar-refractivity contribution in [3.63, 3.8) is 0 Å². The monoisotopic (exact) mass is 798 g/mol. The molecule has 2 bridgehead atoms. The lowest BCUT2D eigenvalue weighted by Gasteiger charge is -2.42. The molecule has 0 spiro atoms. The van der Waals surface area contributed by atoms with Gasteiger partial charge in [-0.15, -0.1) is 0 Å². The molecular formula is C37H42BrF3N8O4. The predicted molar refractivity (Wildman–Crippen MR) is 196 cm³/mol. The molecule has 12 nitrogen and oxygen atoms in total. The van der Waals surface area contributed by atoms with Gasteiger partial charge in [-0.3, -0.25) is 19.2 Å². The number of hydrogen-bond donors (Lipinski definition) is 2. The van der Waals surface area contributed by atoms with Crippen LogP contribution in [0.3, 0.4) is 0 Å². The van der Waals surface area contributed by atoms with Gasteiger partial charge in [0.1, 0.15) is 0 Å². The van der Waals surface area contributed by atoms with Crippen LogP contribution in [-0.4, -0.2) is 117 Å². The van der Waals surface area contributed by atoms with Crippen LogP contribution in [0, 0.1) is 0 Å². The number of benzene rings is 2. The average Bonchev–Trinajstić information content (AvgIpc) is 3.83. The Hall–Kier alpha value is -4.15.